The third-order valence-corrected chi connectivity index (χ3v) is 11.7. The zero-order chi connectivity index (χ0) is 26.2. The van der Waals surface area contributed by atoms with Crippen LogP contribution < -0.4 is 30.7 Å². The standard InChI is InChI=1S/C34H32O2P2/c1-35-31-20-9-11-22-33(31)37(29-16-5-3-6-17-29)25-27-14-13-15-28(24-27)26-38(30-18-7-4-8-19-30)34-23-12-10-21-32(34)36-2/h3-24H,25-26H2,1-2H3. The van der Waals surface area contributed by atoms with Gasteiger partial charge in [-0.3, -0.25) is 0 Å². The quantitative estimate of drug-likeness (QED) is 0.180. The minimum absolute atomic E-state index is 0.622. The maximum atomic E-state index is 5.79. The Morgan fingerprint density at radius 1 is 0.447 bits per heavy atom. The summed E-state index contributed by atoms with van der Waals surface area (Å²) in [6.07, 6.45) is 1.93. The maximum absolute atomic E-state index is 5.79. The molecular formula is C34H32O2P2. The topological polar surface area (TPSA) is 18.5 Å². The molecule has 2 unspecified atom stereocenters. The van der Waals surface area contributed by atoms with E-state index in [9.17, 15) is 0 Å². The summed E-state index contributed by atoms with van der Waals surface area (Å²) in [6, 6.07) is 47.8. The molecule has 0 spiro atoms. The highest BCUT2D eigenvalue weighted by Gasteiger charge is 2.21. The van der Waals surface area contributed by atoms with Crippen molar-refractivity contribution in [3.8, 4) is 11.5 Å². The molecule has 5 aromatic rings. The first-order valence-corrected chi connectivity index (χ1v) is 15.8. The molecule has 0 saturated carbocycles. The molecule has 0 bridgehead atoms. The van der Waals surface area contributed by atoms with E-state index < -0.39 is 15.8 Å². The van der Waals surface area contributed by atoms with Crippen LogP contribution in [0.15, 0.2) is 133 Å². The van der Waals surface area contributed by atoms with Gasteiger partial charge in [-0.25, -0.2) is 0 Å². The van der Waals surface area contributed by atoms with Crippen molar-refractivity contribution in [2.45, 2.75) is 12.3 Å². The summed E-state index contributed by atoms with van der Waals surface area (Å²) in [5.41, 5.74) is 2.71. The second-order valence-corrected chi connectivity index (χ2v) is 13.3. The lowest BCUT2D eigenvalue weighted by molar-refractivity contribution is 0.418. The van der Waals surface area contributed by atoms with Gasteiger partial charge in [0.15, 0.2) is 0 Å². The van der Waals surface area contributed by atoms with Crippen molar-refractivity contribution in [2.24, 2.45) is 0 Å². The normalized spacial score (nSPS) is 12.5. The molecule has 0 heterocycles. The van der Waals surface area contributed by atoms with Gasteiger partial charge in [-0.2, -0.15) is 0 Å². The van der Waals surface area contributed by atoms with E-state index in [0.717, 1.165) is 23.8 Å². The first-order chi connectivity index (χ1) is 18.8. The molecule has 0 saturated heterocycles. The summed E-state index contributed by atoms with van der Waals surface area (Å²) in [4.78, 5) is 0. The molecule has 0 fully saturated rings. The van der Waals surface area contributed by atoms with Crippen LogP contribution in [0.5, 0.6) is 11.5 Å². The summed E-state index contributed by atoms with van der Waals surface area (Å²) < 4.78 is 11.6. The molecule has 0 amide bonds. The van der Waals surface area contributed by atoms with E-state index in [2.05, 4.69) is 121 Å². The first-order valence-electron chi connectivity index (χ1n) is 12.8. The van der Waals surface area contributed by atoms with Crippen molar-refractivity contribution in [3.05, 3.63) is 145 Å². The van der Waals surface area contributed by atoms with Crippen LogP contribution in [0.1, 0.15) is 11.1 Å². The van der Waals surface area contributed by atoms with Crippen LogP contribution in [0.25, 0.3) is 0 Å². The minimum Gasteiger partial charge on any atom is -0.496 e. The van der Waals surface area contributed by atoms with Crippen molar-refractivity contribution < 1.29 is 9.47 Å². The van der Waals surface area contributed by atoms with Gasteiger partial charge < -0.3 is 9.47 Å². The smallest absolute Gasteiger partial charge is 0.126 e. The monoisotopic (exact) mass is 534 g/mol. The number of hydrogen-bond acceptors (Lipinski definition) is 2. The zero-order valence-corrected chi connectivity index (χ0v) is 23.6. The molecule has 5 aromatic carbocycles. The molecule has 0 aromatic heterocycles. The van der Waals surface area contributed by atoms with Crippen molar-refractivity contribution in [1.82, 2.24) is 0 Å². The molecule has 190 valence electrons. The fourth-order valence-electron chi connectivity index (χ4n) is 4.74. The van der Waals surface area contributed by atoms with E-state index in [1.165, 1.54) is 32.3 Å². The van der Waals surface area contributed by atoms with Crippen molar-refractivity contribution in [1.29, 1.82) is 0 Å². The van der Waals surface area contributed by atoms with Crippen LogP contribution in [0.3, 0.4) is 0 Å². The summed E-state index contributed by atoms with van der Waals surface area (Å²) in [7, 11) is 2.29. The molecule has 38 heavy (non-hydrogen) atoms. The van der Waals surface area contributed by atoms with Gasteiger partial charge in [0.05, 0.1) is 14.2 Å². The summed E-state index contributed by atoms with van der Waals surface area (Å²) in [6.45, 7) is 0. The number of hydrogen-bond donors (Lipinski definition) is 0. The average molecular weight is 535 g/mol. The fraction of sp³-hybridized carbons (Fsp3) is 0.118. The molecule has 2 nitrogen and oxygen atoms in total. The van der Waals surface area contributed by atoms with Gasteiger partial charge in [-0.1, -0.05) is 121 Å². The Hall–Kier alpha value is -3.44. The highest BCUT2D eigenvalue weighted by molar-refractivity contribution is 7.72. The fourth-order valence-corrected chi connectivity index (χ4v) is 9.59. The van der Waals surface area contributed by atoms with E-state index in [1.54, 1.807) is 14.2 Å². The molecule has 0 radical (unpaired) electrons. The molecule has 2 atom stereocenters. The Morgan fingerprint density at radius 2 is 0.842 bits per heavy atom. The van der Waals surface area contributed by atoms with Crippen LogP contribution in [-0.2, 0) is 12.3 Å². The highest BCUT2D eigenvalue weighted by atomic mass is 31.1. The predicted molar refractivity (Wildman–Crippen MR) is 165 cm³/mol. The van der Waals surface area contributed by atoms with Gasteiger partial charge >= 0.3 is 0 Å². The Bertz CT molecular complexity index is 1350. The van der Waals surface area contributed by atoms with Gasteiger partial charge in [0.2, 0.25) is 0 Å². The average Bonchev–Trinajstić information content (AvgIpc) is 3.00. The van der Waals surface area contributed by atoms with E-state index >= 15 is 0 Å². The van der Waals surface area contributed by atoms with Crippen LogP contribution in [0.4, 0.5) is 0 Å². The van der Waals surface area contributed by atoms with Crippen LogP contribution in [0, 0.1) is 0 Å². The maximum Gasteiger partial charge on any atom is 0.126 e. The van der Waals surface area contributed by atoms with Crippen molar-refractivity contribution >= 4 is 37.1 Å². The van der Waals surface area contributed by atoms with E-state index in [4.69, 9.17) is 9.47 Å². The van der Waals surface area contributed by atoms with Crippen LogP contribution >= 0.6 is 15.8 Å². The lowest BCUT2D eigenvalue weighted by atomic mass is 10.2. The predicted octanol–water partition coefficient (Wildman–Crippen LogP) is 6.97. The number of rotatable bonds is 10. The highest BCUT2D eigenvalue weighted by Crippen LogP contribution is 2.43. The van der Waals surface area contributed by atoms with Gasteiger partial charge in [0.1, 0.15) is 11.5 Å². The second-order valence-electron chi connectivity index (χ2n) is 9.01. The molecule has 0 aliphatic carbocycles. The first kappa shape index (κ1) is 26.2. The zero-order valence-electron chi connectivity index (χ0n) is 21.8. The number of methoxy groups -OCH3 is 2. The Labute approximate surface area is 228 Å². The van der Waals surface area contributed by atoms with Gasteiger partial charge in [-0.15, -0.1) is 0 Å². The van der Waals surface area contributed by atoms with Crippen LogP contribution in [-0.4, -0.2) is 14.2 Å². The van der Waals surface area contributed by atoms with Gasteiger partial charge in [0.25, 0.3) is 0 Å². The van der Waals surface area contributed by atoms with Crippen molar-refractivity contribution in [2.75, 3.05) is 14.2 Å². The molecule has 0 aliphatic rings. The minimum atomic E-state index is -0.622. The Kier molecular flexibility index (Phi) is 8.87. The third-order valence-electron chi connectivity index (χ3n) is 6.56. The third kappa shape index (κ3) is 6.16. The number of benzene rings is 5. The number of ether oxygens (including phenoxy) is 2. The summed E-state index contributed by atoms with van der Waals surface area (Å²) in [5, 5.41) is 5.28. The largest absolute Gasteiger partial charge is 0.496 e. The Morgan fingerprint density at radius 3 is 1.26 bits per heavy atom. The lowest BCUT2D eigenvalue weighted by Gasteiger charge is -2.23. The molecular weight excluding hydrogens is 502 g/mol. The van der Waals surface area contributed by atoms with Gasteiger partial charge in [0, 0.05) is 22.9 Å². The summed E-state index contributed by atoms with van der Waals surface area (Å²) in [5.74, 6) is 1.92. The number of para-hydroxylation sites is 2. The molecule has 0 aliphatic heterocycles. The molecule has 0 N–H and O–H groups in total. The van der Waals surface area contributed by atoms with Crippen molar-refractivity contribution in [3.63, 3.8) is 0 Å². The SMILES string of the molecule is COc1ccccc1P(Cc1cccc(CP(c2ccccc2)c2ccccc2OC)c1)c1ccccc1. The summed E-state index contributed by atoms with van der Waals surface area (Å²) >= 11 is 0. The lowest BCUT2D eigenvalue weighted by Crippen LogP contribution is -2.16. The molecule has 4 heteroatoms. The van der Waals surface area contributed by atoms with E-state index in [-0.39, 0.29) is 0 Å². The second kappa shape index (κ2) is 12.9. The van der Waals surface area contributed by atoms with E-state index in [1.807, 2.05) is 12.1 Å². The van der Waals surface area contributed by atoms with Gasteiger partial charge in [-0.05, 0) is 49.7 Å². The van der Waals surface area contributed by atoms with E-state index in [0.29, 0.717) is 0 Å². The molecule has 5 rings (SSSR count). The Balaban J connectivity index is 1.49. The van der Waals surface area contributed by atoms with Crippen LogP contribution in [0.2, 0.25) is 0 Å².